The fraction of sp³-hybridized carbons (Fsp3) is 0.389. The highest BCUT2D eigenvalue weighted by Crippen LogP contribution is 2.23. The maximum Gasteiger partial charge on any atom is 0.379 e. The molecule has 0 bridgehead atoms. The van der Waals surface area contributed by atoms with E-state index in [9.17, 15) is 14.4 Å². The summed E-state index contributed by atoms with van der Waals surface area (Å²) in [6.45, 7) is 3.97. The molecule has 6 heteroatoms. The van der Waals surface area contributed by atoms with Crippen LogP contribution in [0.2, 0.25) is 0 Å². The third-order valence-electron chi connectivity index (χ3n) is 2.96. The molecular weight excluding hydrogens is 328 g/mol. The summed E-state index contributed by atoms with van der Waals surface area (Å²) < 4.78 is 9.87. The zero-order valence-corrected chi connectivity index (χ0v) is 15.0. The minimum Gasteiger partial charge on any atom is -0.462 e. The number of hydrogen-bond acceptors (Lipinski definition) is 6. The Kier molecular flexibility index (Phi) is 8.86. The van der Waals surface area contributed by atoms with E-state index in [-0.39, 0.29) is 18.8 Å². The number of carbonyl (C=O) groups is 3. The van der Waals surface area contributed by atoms with Gasteiger partial charge in [0.1, 0.15) is 5.57 Å². The first-order chi connectivity index (χ1) is 11.5. The van der Waals surface area contributed by atoms with E-state index >= 15 is 0 Å². The first-order valence-electron chi connectivity index (χ1n) is 7.78. The van der Waals surface area contributed by atoms with Crippen molar-refractivity contribution in [3.05, 3.63) is 35.4 Å². The van der Waals surface area contributed by atoms with Gasteiger partial charge >= 0.3 is 11.9 Å². The van der Waals surface area contributed by atoms with Gasteiger partial charge in [-0.3, -0.25) is 4.79 Å². The van der Waals surface area contributed by atoms with Gasteiger partial charge in [-0.2, -0.15) is 0 Å². The van der Waals surface area contributed by atoms with Gasteiger partial charge in [-0.1, -0.05) is 32.0 Å². The van der Waals surface area contributed by atoms with E-state index in [0.717, 1.165) is 4.90 Å². The van der Waals surface area contributed by atoms with Crippen LogP contribution in [-0.2, 0) is 23.9 Å². The second-order valence-corrected chi connectivity index (χ2v) is 5.75. The Morgan fingerprint density at radius 2 is 1.58 bits per heavy atom. The molecule has 24 heavy (non-hydrogen) atoms. The van der Waals surface area contributed by atoms with Crippen LogP contribution in [0.15, 0.2) is 34.7 Å². The molecule has 0 heterocycles. The molecule has 0 atom stereocenters. The highest BCUT2D eigenvalue weighted by atomic mass is 32.2. The zero-order chi connectivity index (χ0) is 17.9. The lowest BCUT2D eigenvalue weighted by atomic mass is 10.1. The number of ether oxygens (including phenoxy) is 2. The van der Waals surface area contributed by atoms with Crippen molar-refractivity contribution in [3.8, 4) is 0 Å². The van der Waals surface area contributed by atoms with E-state index < -0.39 is 17.7 Å². The van der Waals surface area contributed by atoms with E-state index in [1.165, 1.54) is 17.8 Å². The molecule has 0 saturated heterocycles. The summed E-state index contributed by atoms with van der Waals surface area (Å²) >= 11 is 1.48. The van der Waals surface area contributed by atoms with E-state index in [2.05, 4.69) is 0 Å². The maximum atomic E-state index is 12.3. The van der Waals surface area contributed by atoms with Gasteiger partial charge < -0.3 is 9.47 Å². The van der Waals surface area contributed by atoms with Crippen molar-refractivity contribution in [2.24, 2.45) is 0 Å². The van der Waals surface area contributed by atoms with Crippen molar-refractivity contribution in [3.63, 3.8) is 0 Å². The third-order valence-corrected chi connectivity index (χ3v) is 3.77. The molecule has 0 N–H and O–H groups in total. The molecule has 0 fully saturated rings. The van der Waals surface area contributed by atoms with Crippen LogP contribution in [0.1, 0.15) is 32.3 Å². The third kappa shape index (κ3) is 5.85. The van der Waals surface area contributed by atoms with E-state index in [1.54, 1.807) is 12.1 Å². The highest BCUT2D eigenvalue weighted by molar-refractivity contribution is 7.98. The monoisotopic (exact) mass is 350 g/mol. The summed E-state index contributed by atoms with van der Waals surface area (Å²) in [6, 6.07) is 7.28. The number of hydrogen-bond donors (Lipinski definition) is 0. The van der Waals surface area contributed by atoms with Crippen LogP contribution < -0.4 is 0 Å². The number of benzene rings is 1. The number of ketones is 1. The smallest absolute Gasteiger partial charge is 0.379 e. The molecule has 5 nitrogen and oxygen atoms in total. The van der Waals surface area contributed by atoms with Gasteiger partial charge in [-0.05, 0) is 36.8 Å². The lowest BCUT2D eigenvalue weighted by Gasteiger charge is -2.08. The molecule has 130 valence electrons. The van der Waals surface area contributed by atoms with Crippen molar-refractivity contribution in [2.45, 2.75) is 31.6 Å². The van der Waals surface area contributed by atoms with E-state index in [0.29, 0.717) is 18.4 Å². The molecule has 1 aromatic carbocycles. The Labute approximate surface area is 146 Å². The number of esters is 2. The average molecular weight is 350 g/mol. The van der Waals surface area contributed by atoms with Gasteiger partial charge in [0.2, 0.25) is 0 Å². The van der Waals surface area contributed by atoms with Gasteiger partial charge in [0.05, 0.1) is 13.2 Å². The minimum absolute atomic E-state index is 0.128. The summed E-state index contributed by atoms with van der Waals surface area (Å²) in [5, 5.41) is 0. The Morgan fingerprint density at radius 3 is 2.17 bits per heavy atom. The SMILES string of the molecule is CCCOC(=O)C(=O)C(=Cc1ccccc1SC)C(=O)OCCC. The van der Waals surface area contributed by atoms with Gasteiger partial charge in [0, 0.05) is 4.90 Å². The van der Waals surface area contributed by atoms with Gasteiger partial charge in [0.15, 0.2) is 0 Å². The molecular formula is C18H22O5S. The molecule has 0 aliphatic rings. The van der Waals surface area contributed by atoms with Crippen molar-refractivity contribution in [1.29, 1.82) is 0 Å². The Hall–Kier alpha value is -2.08. The van der Waals surface area contributed by atoms with Gasteiger partial charge in [-0.25, -0.2) is 9.59 Å². The molecule has 0 amide bonds. The molecule has 0 saturated carbocycles. The number of thioether (sulfide) groups is 1. The number of Topliss-reactive ketones (excluding diaryl/α,β-unsaturated/α-hetero) is 1. The van der Waals surface area contributed by atoms with Crippen LogP contribution in [0.25, 0.3) is 6.08 Å². The second-order valence-electron chi connectivity index (χ2n) is 4.90. The van der Waals surface area contributed by atoms with Crippen molar-refractivity contribution >= 4 is 35.6 Å². The van der Waals surface area contributed by atoms with Gasteiger partial charge in [0.25, 0.3) is 5.78 Å². The zero-order valence-electron chi connectivity index (χ0n) is 14.2. The molecule has 1 rings (SSSR count). The Morgan fingerprint density at radius 1 is 1.00 bits per heavy atom. The lowest BCUT2D eigenvalue weighted by Crippen LogP contribution is -2.25. The van der Waals surface area contributed by atoms with Crippen molar-refractivity contribution in [1.82, 2.24) is 0 Å². The second kappa shape index (κ2) is 10.6. The molecule has 0 aliphatic carbocycles. The summed E-state index contributed by atoms with van der Waals surface area (Å²) in [6.07, 6.45) is 4.49. The molecule has 0 spiro atoms. The standard InChI is InChI=1S/C18H22O5S/c1-4-10-22-17(20)14(16(19)18(21)23-11-5-2)12-13-8-6-7-9-15(13)24-3/h6-9,12H,4-5,10-11H2,1-3H3. The van der Waals surface area contributed by atoms with Crippen LogP contribution in [0, 0.1) is 0 Å². The van der Waals surface area contributed by atoms with Crippen molar-refractivity contribution in [2.75, 3.05) is 19.5 Å². The summed E-state index contributed by atoms with van der Waals surface area (Å²) in [5.74, 6) is -2.84. The largest absolute Gasteiger partial charge is 0.462 e. The van der Waals surface area contributed by atoms with Gasteiger partial charge in [-0.15, -0.1) is 11.8 Å². The molecule has 0 aromatic heterocycles. The normalized spacial score (nSPS) is 11.0. The molecule has 0 radical (unpaired) electrons. The van der Waals surface area contributed by atoms with Crippen molar-refractivity contribution < 1.29 is 23.9 Å². The fourth-order valence-electron chi connectivity index (χ4n) is 1.80. The Bertz CT molecular complexity index is 622. The van der Waals surface area contributed by atoms with Crippen LogP contribution in [0.4, 0.5) is 0 Å². The number of carbonyl (C=O) groups excluding carboxylic acids is 3. The van der Waals surface area contributed by atoms with Crippen LogP contribution in [0.5, 0.6) is 0 Å². The minimum atomic E-state index is -1.04. The summed E-state index contributed by atoms with van der Waals surface area (Å²) in [5.41, 5.74) is 0.358. The van der Waals surface area contributed by atoms with Crippen LogP contribution >= 0.6 is 11.8 Å². The molecule has 0 aliphatic heterocycles. The molecule has 0 unspecified atom stereocenters. The van der Waals surface area contributed by atoms with E-state index in [1.807, 2.05) is 32.2 Å². The predicted molar refractivity (Wildman–Crippen MR) is 93.7 cm³/mol. The fourth-order valence-corrected chi connectivity index (χ4v) is 2.38. The predicted octanol–water partition coefficient (Wildman–Crippen LogP) is 3.27. The van der Waals surface area contributed by atoms with E-state index in [4.69, 9.17) is 9.47 Å². The summed E-state index contributed by atoms with van der Waals surface area (Å²) in [4.78, 5) is 37.2. The number of rotatable bonds is 9. The first-order valence-corrected chi connectivity index (χ1v) is 9.00. The quantitative estimate of drug-likeness (QED) is 0.170. The topological polar surface area (TPSA) is 69.7 Å². The Balaban J connectivity index is 3.17. The van der Waals surface area contributed by atoms with Crippen LogP contribution in [-0.4, -0.2) is 37.2 Å². The average Bonchev–Trinajstić information content (AvgIpc) is 2.61. The summed E-state index contributed by atoms with van der Waals surface area (Å²) in [7, 11) is 0. The van der Waals surface area contributed by atoms with Crippen LogP contribution in [0.3, 0.4) is 0 Å². The highest BCUT2D eigenvalue weighted by Gasteiger charge is 2.27. The maximum absolute atomic E-state index is 12.3. The lowest BCUT2D eigenvalue weighted by molar-refractivity contribution is -0.154. The first kappa shape index (κ1) is 20.0. The molecule has 1 aromatic rings.